The van der Waals surface area contributed by atoms with Crippen LogP contribution in [0.5, 0.6) is 5.75 Å². The zero-order chi connectivity index (χ0) is 20.0. The van der Waals surface area contributed by atoms with Crippen molar-refractivity contribution in [1.82, 2.24) is 14.6 Å². The first-order valence-electron chi connectivity index (χ1n) is 9.04. The molecule has 0 saturated heterocycles. The number of para-hydroxylation sites is 1. The van der Waals surface area contributed by atoms with Gasteiger partial charge in [-0.15, -0.1) is 10.2 Å². The number of likely N-dealkylation sites (N-methyl/N-ethyl adjacent to an activating group) is 1. The van der Waals surface area contributed by atoms with Crippen LogP contribution in [0.2, 0.25) is 0 Å². The van der Waals surface area contributed by atoms with Crippen LogP contribution in [0.25, 0.3) is 16.6 Å². The van der Waals surface area contributed by atoms with Crippen LogP contribution in [-0.2, 0) is 4.79 Å². The second-order valence-electron chi connectivity index (χ2n) is 6.70. The van der Waals surface area contributed by atoms with Crippen molar-refractivity contribution in [3.8, 4) is 5.75 Å². The molecule has 0 radical (unpaired) electrons. The molecule has 0 aliphatic carbocycles. The Morgan fingerprint density at radius 3 is 2.90 bits per heavy atom. The Hall–Kier alpha value is -3.39. The first kappa shape index (κ1) is 17.7. The van der Waals surface area contributed by atoms with E-state index in [1.807, 2.05) is 40.8 Å². The Kier molecular flexibility index (Phi) is 4.21. The summed E-state index contributed by atoms with van der Waals surface area (Å²) in [6.45, 7) is 0.0144. The number of fused-ring (bicyclic) bond motifs is 4. The van der Waals surface area contributed by atoms with Gasteiger partial charge in [0.05, 0.1) is 17.0 Å². The number of aromatic nitrogens is 3. The Morgan fingerprint density at radius 2 is 2.00 bits per heavy atom. The van der Waals surface area contributed by atoms with Crippen LogP contribution in [-0.4, -0.2) is 45.7 Å². The fourth-order valence-electron chi connectivity index (χ4n) is 3.36. The number of hydrogen-bond donors (Lipinski definition) is 0. The number of hydrogen-bond acceptors (Lipinski definition) is 6. The van der Waals surface area contributed by atoms with Gasteiger partial charge in [-0.2, -0.15) is 0 Å². The van der Waals surface area contributed by atoms with Crippen LogP contribution in [0.3, 0.4) is 0 Å². The monoisotopic (exact) mass is 404 g/mol. The van der Waals surface area contributed by atoms with Crippen molar-refractivity contribution in [2.24, 2.45) is 0 Å². The molecule has 0 atom stereocenters. The van der Waals surface area contributed by atoms with Gasteiger partial charge in [0.15, 0.2) is 23.2 Å². The first-order chi connectivity index (χ1) is 14.1. The normalized spacial score (nSPS) is 13.6. The fourth-order valence-corrected chi connectivity index (χ4v) is 4.21. The van der Waals surface area contributed by atoms with E-state index in [1.54, 1.807) is 25.2 Å². The van der Waals surface area contributed by atoms with Crippen LogP contribution in [0.4, 0.5) is 5.69 Å². The zero-order valence-corrected chi connectivity index (χ0v) is 16.3. The zero-order valence-electron chi connectivity index (χ0n) is 15.5. The molecule has 29 heavy (non-hydrogen) atoms. The number of ether oxygens (including phenoxy) is 1. The van der Waals surface area contributed by atoms with E-state index in [1.165, 1.54) is 16.7 Å². The molecule has 1 aliphatic heterocycles. The number of pyridine rings is 1. The van der Waals surface area contributed by atoms with Gasteiger partial charge in [-0.25, -0.2) is 0 Å². The summed E-state index contributed by atoms with van der Waals surface area (Å²) < 4.78 is 7.38. The lowest BCUT2D eigenvalue weighted by Gasteiger charge is -2.26. The van der Waals surface area contributed by atoms with E-state index >= 15 is 0 Å². The van der Waals surface area contributed by atoms with Gasteiger partial charge in [-0.1, -0.05) is 30.0 Å². The van der Waals surface area contributed by atoms with Gasteiger partial charge in [-0.05, 0) is 41.8 Å². The van der Waals surface area contributed by atoms with Gasteiger partial charge >= 0.3 is 0 Å². The standard InChI is InChI=1S/C21H16N4O3S/c1-24-16-10-14(6-8-18(16)28-11-20(24)27)17(26)12-29-21-23-22-19-9-7-13-4-2-3-5-15(13)25(19)21/h2-10H,11-12H2,1H3. The van der Waals surface area contributed by atoms with E-state index in [-0.39, 0.29) is 24.1 Å². The average Bonchev–Trinajstić information content (AvgIpc) is 3.18. The number of Topliss-reactive ketones (excluding diaryl/α,β-unsaturated/α-hetero) is 1. The summed E-state index contributed by atoms with van der Waals surface area (Å²) in [5.41, 5.74) is 2.87. The van der Waals surface area contributed by atoms with Gasteiger partial charge < -0.3 is 9.64 Å². The molecule has 0 bridgehead atoms. The van der Waals surface area contributed by atoms with E-state index in [4.69, 9.17) is 4.74 Å². The quantitative estimate of drug-likeness (QED) is 0.384. The highest BCUT2D eigenvalue weighted by atomic mass is 32.2. The minimum absolute atomic E-state index is 0.0144. The molecule has 0 fully saturated rings. The molecular weight excluding hydrogens is 388 g/mol. The summed E-state index contributed by atoms with van der Waals surface area (Å²) >= 11 is 1.34. The molecule has 0 unspecified atom stereocenters. The van der Waals surface area contributed by atoms with Crippen molar-refractivity contribution in [1.29, 1.82) is 0 Å². The summed E-state index contributed by atoms with van der Waals surface area (Å²) in [6.07, 6.45) is 0. The summed E-state index contributed by atoms with van der Waals surface area (Å²) in [4.78, 5) is 26.2. The smallest absolute Gasteiger partial charge is 0.264 e. The molecule has 2 aromatic heterocycles. The molecular formula is C21H16N4O3S. The van der Waals surface area contributed by atoms with Gasteiger partial charge in [0.2, 0.25) is 0 Å². The molecule has 4 aromatic rings. The second-order valence-corrected chi connectivity index (χ2v) is 7.65. The largest absolute Gasteiger partial charge is 0.482 e. The first-order valence-corrected chi connectivity index (χ1v) is 10.0. The molecule has 3 heterocycles. The van der Waals surface area contributed by atoms with E-state index in [0.717, 1.165) is 16.6 Å². The number of carbonyl (C=O) groups is 2. The third-order valence-electron chi connectivity index (χ3n) is 4.95. The Labute approximate surface area is 170 Å². The van der Waals surface area contributed by atoms with Crippen molar-refractivity contribution >= 4 is 45.7 Å². The maximum atomic E-state index is 12.8. The number of ketones is 1. The van der Waals surface area contributed by atoms with Crippen LogP contribution in [0.15, 0.2) is 59.8 Å². The summed E-state index contributed by atoms with van der Waals surface area (Å²) in [5, 5.41) is 10.2. The average molecular weight is 404 g/mol. The third kappa shape index (κ3) is 3.01. The highest BCUT2D eigenvalue weighted by Gasteiger charge is 2.23. The van der Waals surface area contributed by atoms with Gasteiger partial charge in [0, 0.05) is 12.6 Å². The topological polar surface area (TPSA) is 76.8 Å². The maximum absolute atomic E-state index is 12.8. The lowest BCUT2D eigenvalue weighted by Crippen LogP contribution is -2.35. The predicted octanol–water partition coefficient (Wildman–Crippen LogP) is 3.21. The molecule has 0 N–H and O–H groups in total. The molecule has 8 heteroatoms. The third-order valence-corrected chi connectivity index (χ3v) is 5.88. The molecule has 7 nitrogen and oxygen atoms in total. The molecule has 0 saturated carbocycles. The van der Waals surface area contributed by atoms with Gasteiger partial charge in [0.25, 0.3) is 5.91 Å². The SMILES string of the molecule is CN1C(=O)COc2ccc(C(=O)CSc3nnc4ccc5ccccc5n34)cc21. The molecule has 1 amide bonds. The predicted molar refractivity (Wildman–Crippen MR) is 111 cm³/mol. The van der Waals surface area contributed by atoms with Crippen LogP contribution in [0, 0.1) is 0 Å². The van der Waals surface area contributed by atoms with Crippen molar-refractivity contribution in [2.75, 3.05) is 24.3 Å². The minimum Gasteiger partial charge on any atom is -0.482 e. The van der Waals surface area contributed by atoms with E-state index in [2.05, 4.69) is 10.2 Å². The Morgan fingerprint density at radius 1 is 1.14 bits per heavy atom. The number of thioether (sulfide) groups is 1. The minimum atomic E-state index is -0.140. The maximum Gasteiger partial charge on any atom is 0.264 e. The lowest BCUT2D eigenvalue weighted by atomic mass is 10.1. The van der Waals surface area contributed by atoms with E-state index < -0.39 is 0 Å². The molecule has 5 rings (SSSR count). The molecule has 144 valence electrons. The number of carbonyl (C=O) groups excluding carboxylic acids is 2. The highest BCUT2D eigenvalue weighted by Crippen LogP contribution is 2.32. The Balaban J connectivity index is 1.42. The van der Waals surface area contributed by atoms with Crippen molar-refractivity contribution < 1.29 is 14.3 Å². The summed E-state index contributed by atoms with van der Waals surface area (Å²) in [6, 6.07) is 17.1. The second kappa shape index (κ2) is 6.89. The van der Waals surface area contributed by atoms with Crippen LogP contribution < -0.4 is 9.64 Å². The summed E-state index contributed by atoms with van der Waals surface area (Å²) in [7, 11) is 1.68. The molecule has 1 aliphatic rings. The number of nitrogens with zero attached hydrogens (tertiary/aromatic N) is 4. The van der Waals surface area contributed by atoms with Crippen molar-refractivity contribution in [3.05, 3.63) is 60.2 Å². The fraction of sp³-hybridized carbons (Fsp3) is 0.143. The van der Waals surface area contributed by atoms with Gasteiger partial charge in [0.1, 0.15) is 5.75 Å². The number of anilines is 1. The van der Waals surface area contributed by atoms with Crippen LogP contribution >= 0.6 is 11.8 Å². The lowest BCUT2D eigenvalue weighted by molar-refractivity contribution is -0.120. The van der Waals surface area contributed by atoms with E-state index in [9.17, 15) is 9.59 Å². The van der Waals surface area contributed by atoms with Gasteiger partial charge in [-0.3, -0.25) is 14.0 Å². The summed E-state index contributed by atoms with van der Waals surface area (Å²) in [5.74, 6) is 0.618. The van der Waals surface area contributed by atoms with E-state index in [0.29, 0.717) is 22.2 Å². The number of rotatable bonds is 4. The van der Waals surface area contributed by atoms with Crippen molar-refractivity contribution in [2.45, 2.75) is 5.16 Å². The van der Waals surface area contributed by atoms with Crippen LogP contribution in [0.1, 0.15) is 10.4 Å². The molecule has 0 spiro atoms. The van der Waals surface area contributed by atoms with Crippen molar-refractivity contribution in [3.63, 3.8) is 0 Å². The highest BCUT2D eigenvalue weighted by molar-refractivity contribution is 7.99. The molecule has 2 aromatic carbocycles. The Bertz CT molecular complexity index is 1280. The number of benzene rings is 2. The number of amides is 1.